The van der Waals surface area contributed by atoms with Crippen LogP contribution in [0.25, 0.3) is 0 Å². The summed E-state index contributed by atoms with van der Waals surface area (Å²) in [6.45, 7) is 3.11. The Kier molecular flexibility index (Phi) is 9.84. The van der Waals surface area contributed by atoms with Gasteiger partial charge in [0.1, 0.15) is 12.6 Å². The Hall–Kier alpha value is -2.78. The number of likely N-dealkylation sites (N-methyl/N-ethyl adjacent to an activating group) is 1. The summed E-state index contributed by atoms with van der Waals surface area (Å²) in [4.78, 5) is 27.8. The number of anilines is 1. The van der Waals surface area contributed by atoms with Crippen molar-refractivity contribution in [2.45, 2.75) is 31.3 Å². The Bertz CT molecular complexity index is 1350. The fourth-order valence-corrected chi connectivity index (χ4v) is 5.62. The number of carbonyl (C=O) groups excluding carboxylic acids is 2. The monoisotopic (exact) mass is 581 g/mol. The molecule has 3 aromatic carbocycles. The summed E-state index contributed by atoms with van der Waals surface area (Å²) in [5.74, 6) is -0.982. The molecule has 0 heterocycles. The maximum Gasteiger partial charge on any atom is 0.264 e. The molecule has 0 aliphatic heterocycles. The molecular formula is C26H26Cl3N3O4S. The van der Waals surface area contributed by atoms with E-state index in [0.717, 1.165) is 4.31 Å². The van der Waals surface area contributed by atoms with Crippen LogP contribution in [-0.4, -0.2) is 44.3 Å². The Balaban J connectivity index is 2.03. The third-order valence-corrected chi connectivity index (χ3v) is 8.23. The topological polar surface area (TPSA) is 86.8 Å². The molecule has 0 aliphatic rings. The van der Waals surface area contributed by atoms with Crippen LogP contribution in [0.1, 0.15) is 19.4 Å². The lowest BCUT2D eigenvalue weighted by Gasteiger charge is -2.32. The van der Waals surface area contributed by atoms with Gasteiger partial charge in [0.15, 0.2) is 0 Å². The third kappa shape index (κ3) is 7.17. The molecule has 1 unspecified atom stereocenters. The van der Waals surface area contributed by atoms with Gasteiger partial charge in [0.2, 0.25) is 11.8 Å². The van der Waals surface area contributed by atoms with Crippen LogP contribution in [0.2, 0.25) is 15.1 Å². The van der Waals surface area contributed by atoms with Gasteiger partial charge >= 0.3 is 0 Å². The van der Waals surface area contributed by atoms with Gasteiger partial charge in [-0.2, -0.15) is 0 Å². The van der Waals surface area contributed by atoms with Gasteiger partial charge in [-0.05, 0) is 67.9 Å². The second-order valence-electron chi connectivity index (χ2n) is 8.13. The van der Waals surface area contributed by atoms with Crippen molar-refractivity contribution in [2.24, 2.45) is 0 Å². The van der Waals surface area contributed by atoms with Crippen molar-refractivity contribution in [3.63, 3.8) is 0 Å². The number of carbonyl (C=O) groups is 2. The molecule has 3 aromatic rings. The summed E-state index contributed by atoms with van der Waals surface area (Å²) in [6.07, 6.45) is 0. The van der Waals surface area contributed by atoms with Crippen LogP contribution < -0.4 is 9.62 Å². The molecule has 0 bridgehead atoms. The van der Waals surface area contributed by atoms with Gasteiger partial charge in [-0.1, -0.05) is 59.1 Å². The van der Waals surface area contributed by atoms with E-state index in [1.54, 1.807) is 44.2 Å². The Labute approximate surface area is 232 Å². The van der Waals surface area contributed by atoms with Crippen LogP contribution in [0.15, 0.2) is 77.7 Å². The molecule has 0 aromatic heterocycles. The summed E-state index contributed by atoms with van der Waals surface area (Å²) in [5, 5.41) is 3.86. The van der Waals surface area contributed by atoms with Gasteiger partial charge in [-0.15, -0.1) is 0 Å². The lowest BCUT2D eigenvalue weighted by molar-refractivity contribution is -0.139. The van der Waals surface area contributed by atoms with Gasteiger partial charge in [-0.3, -0.25) is 13.9 Å². The molecule has 3 rings (SSSR count). The molecule has 1 N–H and O–H groups in total. The molecule has 196 valence electrons. The summed E-state index contributed by atoms with van der Waals surface area (Å²) in [7, 11) is -4.14. The first-order chi connectivity index (χ1) is 17.5. The zero-order valence-electron chi connectivity index (χ0n) is 20.2. The SMILES string of the molecule is CCNC(=O)C(C)N(Cc1ccc(Cl)cc1Cl)C(=O)CN(c1ccc(Cl)cc1)S(=O)(=O)c1ccccc1. The minimum absolute atomic E-state index is 0.0156. The smallest absolute Gasteiger partial charge is 0.264 e. The van der Waals surface area contributed by atoms with E-state index in [9.17, 15) is 18.0 Å². The average molecular weight is 583 g/mol. The minimum atomic E-state index is -4.14. The lowest BCUT2D eigenvalue weighted by Crippen LogP contribution is -2.51. The third-order valence-electron chi connectivity index (χ3n) is 5.60. The highest BCUT2D eigenvalue weighted by Gasteiger charge is 2.32. The number of hydrogen-bond donors (Lipinski definition) is 1. The van der Waals surface area contributed by atoms with E-state index in [4.69, 9.17) is 34.8 Å². The molecule has 0 spiro atoms. The molecule has 37 heavy (non-hydrogen) atoms. The van der Waals surface area contributed by atoms with Gasteiger partial charge in [0.25, 0.3) is 10.0 Å². The highest BCUT2D eigenvalue weighted by atomic mass is 35.5. The van der Waals surface area contributed by atoms with E-state index < -0.39 is 28.5 Å². The van der Waals surface area contributed by atoms with Crippen LogP contribution in [0, 0.1) is 0 Å². The molecular weight excluding hydrogens is 557 g/mol. The molecule has 0 fully saturated rings. The van der Waals surface area contributed by atoms with E-state index in [2.05, 4.69) is 5.32 Å². The van der Waals surface area contributed by atoms with Crippen molar-refractivity contribution in [1.29, 1.82) is 0 Å². The normalized spacial score (nSPS) is 12.0. The number of amides is 2. The van der Waals surface area contributed by atoms with Crippen molar-refractivity contribution in [2.75, 3.05) is 17.4 Å². The van der Waals surface area contributed by atoms with Gasteiger partial charge in [-0.25, -0.2) is 8.42 Å². The van der Waals surface area contributed by atoms with Crippen molar-refractivity contribution >= 4 is 62.3 Å². The van der Waals surface area contributed by atoms with Gasteiger partial charge < -0.3 is 10.2 Å². The Morgan fingerprint density at radius 3 is 2.14 bits per heavy atom. The number of benzene rings is 3. The van der Waals surface area contributed by atoms with Crippen molar-refractivity contribution in [3.05, 3.63) is 93.4 Å². The second kappa shape index (κ2) is 12.6. The molecule has 11 heteroatoms. The fraction of sp³-hybridized carbons (Fsp3) is 0.231. The summed E-state index contributed by atoms with van der Waals surface area (Å²) in [6, 6.07) is 17.8. The summed E-state index contributed by atoms with van der Waals surface area (Å²) in [5.41, 5.74) is 0.802. The molecule has 1 atom stereocenters. The summed E-state index contributed by atoms with van der Waals surface area (Å²) >= 11 is 18.4. The highest BCUT2D eigenvalue weighted by Crippen LogP contribution is 2.27. The molecule has 2 amide bonds. The van der Waals surface area contributed by atoms with Crippen molar-refractivity contribution in [1.82, 2.24) is 10.2 Å². The lowest BCUT2D eigenvalue weighted by atomic mass is 10.1. The van der Waals surface area contributed by atoms with E-state index in [-0.39, 0.29) is 23.0 Å². The quantitative estimate of drug-likeness (QED) is 0.347. The standard InChI is InChI=1S/C26H26Cl3N3O4S/c1-3-30-26(34)18(2)31(16-19-9-10-21(28)15-24(19)29)25(33)17-32(22-13-11-20(27)12-14-22)37(35,36)23-7-5-4-6-8-23/h4-15,18H,3,16-17H2,1-2H3,(H,30,34). The van der Waals surface area contributed by atoms with Crippen LogP contribution in [0.3, 0.4) is 0 Å². The Morgan fingerprint density at radius 1 is 0.919 bits per heavy atom. The van der Waals surface area contributed by atoms with Crippen molar-refractivity contribution < 1.29 is 18.0 Å². The predicted molar refractivity (Wildman–Crippen MR) is 148 cm³/mol. The molecule has 0 saturated heterocycles. The minimum Gasteiger partial charge on any atom is -0.355 e. The first-order valence-electron chi connectivity index (χ1n) is 11.4. The molecule has 0 radical (unpaired) electrons. The first-order valence-corrected chi connectivity index (χ1v) is 14.0. The zero-order chi connectivity index (χ0) is 27.2. The second-order valence-corrected chi connectivity index (χ2v) is 11.3. The zero-order valence-corrected chi connectivity index (χ0v) is 23.3. The van der Waals surface area contributed by atoms with E-state index in [0.29, 0.717) is 27.2 Å². The molecule has 0 aliphatic carbocycles. The highest BCUT2D eigenvalue weighted by molar-refractivity contribution is 7.92. The van der Waals surface area contributed by atoms with E-state index in [1.807, 2.05) is 0 Å². The molecule has 7 nitrogen and oxygen atoms in total. The predicted octanol–water partition coefficient (Wildman–Crippen LogP) is 5.40. The maximum atomic E-state index is 13.7. The van der Waals surface area contributed by atoms with E-state index in [1.165, 1.54) is 47.4 Å². The number of nitrogens with one attached hydrogen (secondary N) is 1. The van der Waals surface area contributed by atoms with Crippen LogP contribution in [-0.2, 0) is 26.2 Å². The number of hydrogen-bond acceptors (Lipinski definition) is 4. The largest absolute Gasteiger partial charge is 0.355 e. The average Bonchev–Trinajstić information content (AvgIpc) is 2.87. The van der Waals surface area contributed by atoms with Crippen LogP contribution in [0.4, 0.5) is 5.69 Å². The van der Waals surface area contributed by atoms with Gasteiger partial charge in [0.05, 0.1) is 10.6 Å². The number of sulfonamides is 1. The first kappa shape index (κ1) is 28.8. The number of halogens is 3. The van der Waals surface area contributed by atoms with E-state index >= 15 is 0 Å². The van der Waals surface area contributed by atoms with Crippen LogP contribution >= 0.6 is 34.8 Å². The fourth-order valence-electron chi connectivity index (χ4n) is 3.59. The number of nitrogens with zero attached hydrogens (tertiary/aromatic N) is 2. The summed E-state index contributed by atoms with van der Waals surface area (Å²) < 4.78 is 28.3. The maximum absolute atomic E-state index is 13.7. The van der Waals surface area contributed by atoms with Gasteiger partial charge in [0, 0.05) is 28.2 Å². The molecule has 0 saturated carbocycles. The van der Waals surface area contributed by atoms with Crippen molar-refractivity contribution in [3.8, 4) is 0 Å². The van der Waals surface area contributed by atoms with Crippen LogP contribution in [0.5, 0.6) is 0 Å². The number of rotatable bonds is 10. The Morgan fingerprint density at radius 2 is 1.54 bits per heavy atom.